The molecule has 1 aromatic heterocycles. The molecule has 20 heavy (non-hydrogen) atoms. The van der Waals surface area contributed by atoms with Crippen molar-refractivity contribution in [2.45, 2.75) is 19.4 Å². The molecule has 0 saturated heterocycles. The Hall–Kier alpha value is -1.65. The molecule has 4 nitrogen and oxygen atoms in total. The summed E-state index contributed by atoms with van der Waals surface area (Å²) < 4.78 is 5.17. The maximum atomic E-state index is 6.08. The summed E-state index contributed by atoms with van der Waals surface area (Å²) in [6.45, 7) is 2.72. The highest BCUT2D eigenvalue weighted by atomic mass is 35.5. The van der Waals surface area contributed by atoms with Crippen LogP contribution >= 0.6 is 11.6 Å². The van der Waals surface area contributed by atoms with Crippen molar-refractivity contribution in [2.24, 2.45) is 0 Å². The summed E-state index contributed by atoms with van der Waals surface area (Å²) in [5.41, 5.74) is 0.942. The second-order valence-corrected chi connectivity index (χ2v) is 4.86. The van der Waals surface area contributed by atoms with Crippen LogP contribution in [0.1, 0.15) is 13.3 Å². The molecule has 106 valence electrons. The lowest BCUT2D eigenvalue weighted by Gasteiger charge is -2.17. The van der Waals surface area contributed by atoms with E-state index in [1.807, 2.05) is 30.3 Å². The second-order valence-electron chi connectivity index (χ2n) is 4.47. The largest absolute Gasteiger partial charge is 0.383 e. The minimum absolute atomic E-state index is 0.203. The van der Waals surface area contributed by atoms with Gasteiger partial charge in [0.25, 0.3) is 0 Å². The zero-order chi connectivity index (χ0) is 14.4. The predicted octanol–water partition coefficient (Wildman–Crippen LogP) is 3.63. The third-order valence-electron chi connectivity index (χ3n) is 2.94. The molecule has 0 aliphatic carbocycles. The Bertz CT molecular complexity index is 548. The molecule has 1 aromatic carbocycles. The van der Waals surface area contributed by atoms with Gasteiger partial charge in [0, 0.05) is 18.7 Å². The maximum absolute atomic E-state index is 6.08. The number of methoxy groups -OCH3 is 1. The number of rotatable bonds is 6. The molecule has 1 heterocycles. The van der Waals surface area contributed by atoms with Gasteiger partial charge in [-0.2, -0.15) is 0 Å². The van der Waals surface area contributed by atoms with Gasteiger partial charge in [-0.15, -0.1) is 0 Å². The van der Waals surface area contributed by atoms with E-state index in [-0.39, 0.29) is 6.04 Å². The van der Waals surface area contributed by atoms with Gasteiger partial charge in [-0.05, 0) is 6.42 Å². The van der Waals surface area contributed by atoms with E-state index in [1.54, 1.807) is 13.2 Å². The SMILES string of the molecule is CCC(COC)Nc1cc(Cl)nc(-c2ccccc2)n1. The Labute approximate surface area is 124 Å². The standard InChI is InChI=1S/C15H18ClN3O/c1-3-12(10-20-2)17-14-9-13(16)18-15(19-14)11-7-5-4-6-8-11/h4-9,12H,3,10H2,1-2H3,(H,17,18,19). The fourth-order valence-electron chi connectivity index (χ4n) is 1.88. The van der Waals surface area contributed by atoms with Crippen LogP contribution in [-0.4, -0.2) is 29.7 Å². The first-order valence-electron chi connectivity index (χ1n) is 6.58. The van der Waals surface area contributed by atoms with E-state index in [1.165, 1.54) is 0 Å². The molecule has 0 radical (unpaired) electrons. The highest BCUT2D eigenvalue weighted by Gasteiger charge is 2.10. The average molecular weight is 292 g/mol. The molecule has 0 saturated carbocycles. The smallest absolute Gasteiger partial charge is 0.163 e. The van der Waals surface area contributed by atoms with E-state index in [4.69, 9.17) is 16.3 Å². The van der Waals surface area contributed by atoms with E-state index >= 15 is 0 Å². The lowest BCUT2D eigenvalue weighted by Crippen LogP contribution is -2.24. The first-order chi connectivity index (χ1) is 9.72. The molecule has 0 aliphatic rings. The highest BCUT2D eigenvalue weighted by molar-refractivity contribution is 6.29. The normalized spacial score (nSPS) is 12.2. The second kappa shape index (κ2) is 7.22. The number of hydrogen-bond donors (Lipinski definition) is 1. The van der Waals surface area contributed by atoms with Crippen LogP contribution in [0.2, 0.25) is 5.15 Å². The summed E-state index contributed by atoms with van der Waals surface area (Å²) in [6.07, 6.45) is 0.941. The van der Waals surface area contributed by atoms with Crippen molar-refractivity contribution in [3.63, 3.8) is 0 Å². The van der Waals surface area contributed by atoms with Crippen LogP contribution < -0.4 is 5.32 Å². The predicted molar refractivity (Wildman–Crippen MR) is 82.1 cm³/mol. The van der Waals surface area contributed by atoms with Crippen LogP contribution in [0.15, 0.2) is 36.4 Å². The van der Waals surface area contributed by atoms with Crippen molar-refractivity contribution in [2.75, 3.05) is 19.0 Å². The minimum Gasteiger partial charge on any atom is -0.383 e. The first kappa shape index (κ1) is 14.8. The van der Waals surface area contributed by atoms with Crippen LogP contribution in [0.4, 0.5) is 5.82 Å². The van der Waals surface area contributed by atoms with E-state index in [2.05, 4.69) is 22.2 Å². The van der Waals surface area contributed by atoms with Crippen molar-refractivity contribution in [1.82, 2.24) is 9.97 Å². The number of anilines is 1. The van der Waals surface area contributed by atoms with Gasteiger partial charge in [-0.25, -0.2) is 9.97 Å². The molecule has 5 heteroatoms. The molecular formula is C15H18ClN3O. The molecule has 0 bridgehead atoms. The lowest BCUT2D eigenvalue weighted by atomic mass is 10.2. The fourth-order valence-corrected chi connectivity index (χ4v) is 2.06. The monoisotopic (exact) mass is 291 g/mol. The number of hydrogen-bond acceptors (Lipinski definition) is 4. The molecule has 1 N–H and O–H groups in total. The number of aromatic nitrogens is 2. The average Bonchev–Trinajstić information content (AvgIpc) is 2.47. The van der Waals surface area contributed by atoms with Crippen molar-refractivity contribution < 1.29 is 4.74 Å². The van der Waals surface area contributed by atoms with Gasteiger partial charge in [-0.1, -0.05) is 48.9 Å². The Balaban J connectivity index is 2.25. The van der Waals surface area contributed by atoms with Crippen LogP contribution in [0.3, 0.4) is 0 Å². The van der Waals surface area contributed by atoms with E-state index < -0.39 is 0 Å². The molecule has 1 atom stereocenters. The Kier molecular flexibility index (Phi) is 5.32. The van der Waals surface area contributed by atoms with Crippen LogP contribution in [0.25, 0.3) is 11.4 Å². The number of halogens is 1. The molecule has 0 fully saturated rings. The maximum Gasteiger partial charge on any atom is 0.163 e. The summed E-state index contributed by atoms with van der Waals surface area (Å²) in [6, 6.07) is 11.7. The summed E-state index contributed by atoms with van der Waals surface area (Å²) >= 11 is 6.08. The number of benzene rings is 1. The molecule has 1 unspecified atom stereocenters. The van der Waals surface area contributed by atoms with Gasteiger partial charge < -0.3 is 10.1 Å². The molecule has 0 amide bonds. The van der Waals surface area contributed by atoms with Gasteiger partial charge in [0.2, 0.25) is 0 Å². The third kappa shape index (κ3) is 3.92. The minimum atomic E-state index is 0.203. The fraction of sp³-hybridized carbons (Fsp3) is 0.333. The number of nitrogens with one attached hydrogen (secondary N) is 1. The van der Waals surface area contributed by atoms with E-state index in [0.717, 1.165) is 12.0 Å². The molecule has 0 aliphatic heterocycles. The van der Waals surface area contributed by atoms with Crippen LogP contribution in [-0.2, 0) is 4.74 Å². The summed E-state index contributed by atoms with van der Waals surface area (Å²) in [7, 11) is 1.69. The Morgan fingerprint density at radius 2 is 2.00 bits per heavy atom. The highest BCUT2D eigenvalue weighted by Crippen LogP contribution is 2.20. The first-order valence-corrected chi connectivity index (χ1v) is 6.96. The zero-order valence-corrected chi connectivity index (χ0v) is 12.4. The Morgan fingerprint density at radius 3 is 2.65 bits per heavy atom. The van der Waals surface area contributed by atoms with Crippen molar-refractivity contribution in [3.05, 3.63) is 41.6 Å². The van der Waals surface area contributed by atoms with Crippen LogP contribution in [0.5, 0.6) is 0 Å². The molecule has 2 aromatic rings. The van der Waals surface area contributed by atoms with E-state index in [0.29, 0.717) is 23.4 Å². The number of nitrogens with zero attached hydrogens (tertiary/aromatic N) is 2. The molecule has 2 rings (SSSR count). The molecule has 0 spiro atoms. The van der Waals surface area contributed by atoms with E-state index in [9.17, 15) is 0 Å². The summed E-state index contributed by atoms with van der Waals surface area (Å²) in [5, 5.41) is 3.74. The van der Waals surface area contributed by atoms with Crippen molar-refractivity contribution in [3.8, 4) is 11.4 Å². The van der Waals surface area contributed by atoms with Gasteiger partial charge in [0.1, 0.15) is 11.0 Å². The van der Waals surface area contributed by atoms with Crippen LogP contribution in [0, 0.1) is 0 Å². The molecular weight excluding hydrogens is 274 g/mol. The van der Waals surface area contributed by atoms with Gasteiger partial charge in [0.05, 0.1) is 12.6 Å². The number of ether oxygens (including phenoxy) is 1. The summed E-state index contributed by atoms with van der Waals surface area (Å²) in [5.74, 6) is 1.33. The topological polar surface area (TPSA) is 47.0 Å². The van der Waals surface area contributed by atoms with Crippen molar-refractivity contribution >= 4 is 17.4 Å². The Morgan fingerprint density at radius 1 is 1.25 bits per heavy atom. The van der Waals surface area contributed by atoms with Gasteiger partial charge in [0.15, 0.2) is 5.82 Å². The van der Waals surface area contributed by atoms with Gasteiger partial charge >= 0.3 is 0 Å². The van der Waals surface area contributed by atoms with Gasteiger partial charge in [-0.3, -0.25) is 0 Å². The lowest BCUT2D eigenvalue weighted by molar-refractivity contribution is 0.184. The van der Waals surface area contributed by atoms with Crippen molar-refractivity contribution in [1.29, 1.82) is 0 Å². The zero-order valence-electron chi connectivity index (χ0n) is 11.6. The summed E-state index contributed by atoms with van der Waals surface area (Å²) in [4.78, 5) is 8.78. The quantitative estimate of drug-likeness (QED) is 0.826. The third-order valence-corrected chi connectivity index (χ3v) is 3.13.